The van der Waals surface area contributed by atoms with Crippen molar-refractivity contribution in [2.45, 2.75) is 0 Å². The largest absolute Gasteiger partial charge is 0.310 e. The Balaban J connectivity index is 1.25. The number of benzene rings is 8. The van der Waals surface area contributed by atoms with Crippen molar-refractivity contribution < 1.29 is 0 Å². The fourth-order valence-electron chi connectivity index (χ4n) is 7.07. The smallest absolute Gasteiger partial charge is 0.0619 e. The highest BCUT2D eigenvalue weighted by molar-refractivity contribution is 6.19. The maximum absolute atomic E-state index is 2.42. The predicted molar refractivity (Wildman–Crippen MR) is 204 cm³/mol. The first-order valence-corrected chi connectivity index (χ1v) is 16.4. The van der Waals surface area contributed by atoms with Crippen molar-refractivity contribution in [3.8, 4) is 27.9 Å². The first-order chi connectivity index (χ1) is 23.8. The molecule has 1 aromatic heterocycles. The minimum atomic E-state index is 1.11. The highest BCUT2D eigenvalue weighted by Gasteiger charge is 2.19. The molecule has 0 fully saturated rings. The van der Waals surface area contributed by atoms with E-state index in [4.69, 9.17) is 0 Å². The van der Waals surface area contributed by atoms with E-state index >= 15 is 0 Å². The van der Waals surface area contributed by atoms with Crippen LogP contribution in [0.3, 0.4) is 0 Å². The summed E-state index contributed by atoms with van der Waals surface area (Å²) >= 11 is 0. The molecule has 8 aromatic carbocycles. The second-order valence-electron chi connectivity index (χ2n) is 12.2. The Bertz CT molecular complexity index is 2430. The number of hydrogen-bond acceptors (Lipinski definition) is 1. The van der Waals surface area contributed by atoms with Crippen LogP contribution in [0, 0.1) is 0 Å². The summed E-state index contributed by atoms with van der Waals surface area (Å²) in [5, 5.41) is 4.96. The van der Waals surface area contributed by atoms with E-state index in [0.717, 1.165) is 22.7 Å². The monoisotopic (exact) mass is 612 g/mol. The minimum Gasteiger partial charge on any atom is -0.310 e. The highest BCUT2D eigenvalue weighted by atomic mass is 15.1. The number of hydrogen-bond donors (Lipinski definition) is 0. The molecule has 0 amide bonds. The lowest BCUT2D eigenvalue weighted by atomic mass is 10.0. The maximum atomic E-state index is 2.42. The van der Waals surface area contributed by atoms with E-state index in [9.17, 15) is 0 Å². The van der Waals surface area contributed by atoms with Crippen molar-refractivity contribution in [1.29, 1.82) is 0 Å². The first kappa shape index (κ1) is 27.9. The van der Waals surface area contributed by atoms with Crippen LogP contribution >= 0.6 is 0 Å². The van der Waals surface area contributed by atoms with Gasteiger partial charge in [0.2, 0.25) is 0 Å². The molecule has 9 aromatic rings. The molecule has 0 saturated heterocycles. The van der Waals surface area contributed by atoms with Crippen LogP contribution in [0.15, 0.2) is 194 Å². The average molecular weight is 613 g/mol. The lowest BCUT2D eigenvalue weighted by Crippen LogP contribution is -2.10. The molecule has 226 valence electrons. The fourth-order valence-corrected chi connectivity index (χ4v) is 7.07. The van der Waals surface area contributed by atoms with E-state index in [0.29, 0.717) is 0 Å². The lowest BCUT2D eigenvalue weighted by molar-refractivity contribution is 1.18. The molecule has 0 N–H and O–H groups in total. The Morgan fingerprint density at radius 2 is 0.833 bits per heavy atom. The molecule has 0 aliphatic carbocycles. The van der Waals surface area contributed by atoms with Crippen molar-refractivity contribution in [1.82, 2.24) is 4.57 Å². The summed E-state index contributed by atoms with van der Waals surface area (Å²) < 4.78 is 2.42. The van der Waals surface area contributed by atoms with Crippen LogP contribution in [-0.4, -0.2) is 4.57 Å². The SMILES string of the molecule is c1ccc(-c2ccc(N(c3ccc(-c4ccccc4)cc3)c3ccc4c(c3)c3ccc5ccccc5c3n4-c3ccccc3)cc2)cc1. The molecule has 48 heavy (non-hydrogen) atoms. The molecule has 2 nitrogen and oxygen atoms in total. The number of aromatic nitrogens is 1. The van der Waals surface area contributed by atoms with Gasteiger partial charge in [0.1, 0.15) is 0 Å². The first-order valence-electron chi connectivity index (χ1n) is 16.4. The highest BCUT2D eigenvalue weighted by Crippen LogP contribution is 2.42. The summed E-state index contributed by atoms with van der Waals surface area (Å²) in [5.41, 5.74) is 11.7. The van der Waals surface area contributed by atoms with Gasteiger partial charge < -0.3 is 9.47 Å². The van der Waals surface area contributed by atoms with Gasteiger partial charge >= 0.3 is 0 Å². The van der Waals surface area contributed by atoms with Gasteiger partial charge in [0.05, 0.1) is 11.0 Å². The third-order valence-corrected chi connectivity index (χ3v) is 9.37. The normalized spacial score (nSPS) is 11.3. The van der Waals surface area contributed by atoms with Crippen molar-refractivity contribution in [2.24, 2.45) is 0 Å². The van der Waals surface area contributed by atoms with Gasteiger partial charge in [0.25, 0.3) is 0 Å². The minimum absolute atomic E-state index is 1.11. The molecule has 0 aliphatic rings. The van der Waals surface area contributed by atoms with Crippen LogP contribution in [0.5, 0.6) is 0 Å². The Morgan fingerprint density at radius 3 is 1.44 bits per heavy atom. The standard InChI is InChI=1S/C46H32N2/c1-4-12-33(13-5-1)35-20-25-39(26-21-35)47(40-27-22-36(23-28-40)34-14-6-2-7-15-34)41-29-31-45-44(32-41)43-30-24-37-16-10-11-19-42(37)46(43)48(45)38-17-8-3-9-18-38/h1-32H. The summed E-state index contributed by atoms with van der Waals surface area (Å²) in [6.07, 6.45) is 0. The number of nitrogens with zero attached hydrogens (tertiary/aromatic N) is 2. The third kappa shape index (κ3) is 4.83. The van der Waals surface area contributed by atoms with Gasteiger partial charge in [0.15, 0.2) is 0 Å². The number of para-hydroxylation sites is 1. The van der Waals surface area contributed by atoms with Gasteiger partial charge in [-0.25, -0.2) is 0 Å². The summed E-state index contributed by atoms with van der Waals surface area (Å²) in [4.78, 5) is 2.37. The Kier molecular flexibility index (Phi) is 6.84. The topological polar surface area (TPSA) is 8.17 Å². The fraction of sp³-hybridized carbons (Fsp3) is 0. The van der Waals surface area contributed by atoms with Gasteiger partial charge in [0, 0.05) is 38.9 Å². The van der Waals surface area contributed by atoms with Crippen molar-refractivity contribution in [3.63, 3.8) is 0 Å². The van der Waals surface area contributed by atoms with Crippen molar-refractivity contribution in [3.05, 3.63) is 194 Å². The zero-order valence-corrected chi connectivity index (χ0v) is 26.4. The van der Waals surface area contributed by atoms with Crippen LogP contribution < -0.4 is 4.90 Å². The summed E-state index contributed by atoms with van der Waals surface area (Å²) in [5.74, 6) is 0. The van der Waals surface area contributed by atoms with Crippen LogP contribution in [-0.2, 0) is 0 Å². The molecule has 0 unspecified atom stereocenters. The van der Waals surface area contributed by atoms with Crippen LogP contribution in [0.4, 0.5) is 17.1 Å². The molecule has 1 heterocycles. The third-order valence-electron chi connectivity index (χ3n) is 9.37. The van der Waals surface area contributed by atoms with E-state index in [1.807, 2.05) is 0 Å². The second-order valence-corrected chi connectivity index (χ2v) is 12.2. The molecule has 2 heteroatoms. The molecule has 9 rings (SSSR count). The van der Waals surface area contributed by atoms with Gasteiger partial charge in [-0.2, -0.15) is 0 Å². The van der Waals surface area contributed by atoms with Gasteiger partial charge in [-0.3, -0.25) is 0 Å². The number of fused-ring (bicyclic) bond motifs is 5. The molecule has 0 radical (unpaired) electrons. The van der Waals surface area contributed by atoms with E-state index in [2.05, 4.69) is 204 Å². The summed E-state index contributed by atoms with van der Waals surface area (Å²) in [7, 11) is 0. The van der Waals surface area contributed by atoms with E-state index < -0.39 is 0 Å². The lowest BCUT2D eigenvalue weighted by Gasteiger charge is -2.26. The van der Waals surface area contributed by atoms with Crippen LogP contribution in [0.1, 0.15) is 0 Å². The average Bonchev–Trinajstić information content (AvgIpc) is 3.51. The molecule has 0 spiro atoms. The molecular formula is C46H32N2. The van der Waals surface area contributed by atoms with Gasteiger partial charge in [-0.15, -0.1) is 0 Å². The number of rotatable bonds is 6. The molecule has 0 saturated carbocycles. The summed E-state index contributed by atoms with van der Waals surface area (Å²) in [6, 6.07) is 69.8. The van der Waals surface area contributed by atoms with Gasteiger partial charge in [-0.1, -0.05) is 140 Å². The van der Waals surface area contributed by atoms with Gasteiger partial charge in [-0.05, 0) is 82.2 Å². The Labute approximate surface area is 280 Å². The van der Waals surface area contributed by atoms with Crippen LogP contribution in [0.25, 0.3) is 60.5 Å². The Morgan fingerprint density at radius 1 is 0.333 bits per heavy atom. The zero-order valence-electron chi connectivity index (χ0n) is 26.4. The molecule has 0 atom stereocenters. The molecular weight excluding hydrogens is 581 g/mol. The second kappa shape index (κ2) is 11.8. The quantitative estimate of drug-likeness (QED) is 0.181. The van der Waals surface area contributed by atoms with E-state index in [-0.39, 0.29) is 0 Å². The van der Waals surface area contributed by atoms with Crippen molar-refractivity contribution >= 4 is 49.6 Å². The zero-order chi connectivity index (χ0) is 31.9. The Hall–Kier alpha value is -6.38. The van der Waals surface area contributed by atoms with Crippen molar-refractivity contribution in [2.75, 3.05) is 4.90 Å². The van der Waals surface area contributed by atoms with E-state index in [1.54, 1.807) is 0 Å². The number of anilines is 3. The summed E-state index contributed by atoms with van der Waals surface area (Å²) in [6.45, 7) is 0. The predicted octanol–water partition coefficient (Wildman–Crippen LogP) is 12.7. The maximum Gasteiger partial charge on any atom is 0.0619 e. The van der Waals surface area contributed by atoms with Crippen LogP contribution in [0.2, 0.25) is 0 Å². The molecule has 0 aliphatic heterocycles. The van der Waals surface area contributed by atoms with E-state index in [1.165, 1.54) is 54.8 Å². The molecule has 0 bridgehead atoms.